The quantitative estimate of drug-likeness (QED) is 0.670. The number of nitrogens with one attached hydrogen (secondary N) is 1. The lowest BCUT2D eigenvalue weighted by Gasteiger charge is -2.17. The Kier molecular flexibility index (Phi) is 3.47. The van der Waals surface area contributed by atoms with Gasteiger partial charge in [-0.25, -0.2) is 15.0 Å². The number of hydrogen-bond acceptors (Lipinski definition) is 6. The topological polar surface area (TPSA) is 93.8 Å². The SMILES string of the molecule is Cc1ccnc([C@H](Nc2ccc([N+](=O)[O-])cn2)C2CC2)n1. The monoisotopic (exact) mass is 285 g/mol. The number of aryl methyl sites for hydroxylation is 1. The maximum absolute atomic E-state index is 10.6. The van der Waals surface area contributed by atoms with Gasteiger partial charge in [0.1, 0.15) is 12.0 Å². The van der Waals surface area contributed by atoms with E-state index in [9.17, 15) is 10.1 Å². The Bertz CT molecular complexity index is 655. The zero-order valence-electron chi connectivity index (χ0n) is 11.6. The molecule has 1 saturated carbocycles. The summed E-state index contributed by atoms with van der Waals surface area (Å²) in [5, 5.41) is 13.9. The molecule has 1 N–H and O–H groups in total. The van der Waals surface area contributed by atoms with Gasteiger partial charge in [-0.2, -0.15) is 0 Å². The highest BCUT2D eigenvalue weighted by atomic mass is 16.6. The van der Waals surface area contributed by atoms with E-state index in [1.807, 2.05) is 13.0 Å². The van der Waals surface area contributed by atoms with Gasteiger partial charge in [-0.05, 0) is 37.8 Å². The Hall–Kier alpha value is -2.57. The molecular weight excluding hydrogens is 270 g/mol. The molecule has 7 nitrogen and oxygen atoms in total. The number of rotatable bonds is 5. The third-order valence-electron chi connectivity index (χ3n) is 3.45. The van der Waals surface area contributed by atoms with E-state index in [0.717, 1.165) is 24.4 Å². The number of aromatic nitrogens is 3. The normalized spacial score (nSPS) is 15.5. The molecule has 0 radical (unpaired) electrons. The predicted molar refractivity (Wildman–Crippen MR) is 76.7 cm³/mol. The molecule has 2 aromatic rings. The molecule has 0 saturated heterocycles. The van der Waals surface area contributed by atoms with Gasteiger partial charge in [0.25, 0.3) is 5.69 Å². The summed E-state index contributed by atoms with van der Waals surface area (Å²) in [4.78, 5) is 23.1. The molecule has 1 aliphatic carbocycles. The van der Waals surface area contributed by atoms with Gasteiger partial charge in [0.15, 0.2) is 5.82 Å². The van der Waals surface area contributed by atoms with Crippen molar-refractivity contribution < 1.29 is 4.92 Å². The first-order chi connectivity index (χ1) is 10.1. The van der Waals surface area contributed by atoms with Gasteiger partial charge in [0, 0.05) is 18.0 Å². The molecule has 0 aliphatic heterocycles. The molecule has 21 heavy (non-hydrogen) atoms. The van der Waals surface area contributed by atoms with Crippen molar-refractivity contribution in [1.82, 2.24) is 15.0 Å². The molecule has 3 rings (SSSR count). The molecule has 2 aromatic heterocycles. The van der Waals surface area contributed by atoms with Crippen LogP contribution in [0, 0.1) is 23.0 Å². The van der Waals surface area contributed by atoms with Crippen LogP contribution >= 0.6 is 0 Å². The molecule has 0 aromatic carbocycles. The fraction of sp³-hybridized carbons (Fsp3) is 0.357. The first-order valence-corrected chi connectivity index (χ1v) is 6.80. The van der Waals surface area contributed by atoms with Crippen molar-refractivity contribution in [3.63, 3.8) is 0 Å². The molecule has 0 amide bonds. The van der Waals surface area contributed by atoms with Crippen molar-refractivity contribution in [3.05, 3.63) is 52.2 Å². The summed E-state index contributed by atoms with van der Waals surface area (Å²) in [5.41, 5.74) is 0.902. The Morgan fingerprint density at radius 1 is 1.33 bits per heavy atom. The maximum Gasteiger partial charge on any atom is 0.287 e. The average Bonchev–Trinajstić information content (AvgIpc) is 3.30. The summed E-state index contributed by atoms with van der Waals surface area (Å²) in [6, 6.07) is 4.91. The molecule has 108 valence electrons. The van der Waals surface area contributed by atoms with Gasteiger partial charge in [-0.3, -0.25) is 10.1 Å². The van der Waals surface area contributed by atoms with E-state index in [4.69, 9.17) is 0 Å². The molecule has 1 aliphatic rings. The minimum Gasteiger partial charge on any atom is -0.360 e. The smallest absolute Gasteiger partial charge is 0.287 e. The molecule has 0 unspecified atom stereocenters. The van der Waals surface area contributed by atoms with Crippen molar-refractivity contribution >= 4 is 11.5 Å². The number of anilines is 1. The third-order valence-corrected chi connectivity index (χ3v) is 3.45. The fourth-order valence-corrected chi connectivity index (χ4v) is 2.18. The van der Waals surface area contributed by atoms with E-state index in [-0.39, 0.29) is 11.7 Å². The summed E-state index contributed by atoms with van der Waals surface area (Å²) >= 11 is 0. The number of nitro groups is 1. The fourth-order valence-electron chi connectivity index (χ4n) is 2.18. The van der Waals surface area contributed by atoms with Crippen LogP contribution in [-0.2, 0) is 0 Å². The van der Waals surface area contributed by atoms with Crippen molar-refractivity contribution in [1.29, 1.82) is 0 Å². The second-order valence-corrected chi connectivity index (χ2v) is 5.17. The summed E-state index contributed by atoms with van der Waals surface area (Å²) in [6.07, 6.45) is 5.26. The molecular formula is C14H15N5O2. The van der Waals surface area contributed by atoms with Gasteiger partial charge in [0.2, 0.25) is 0 Å². The lowest BCUT2D eigenvalue weighted by Crippen LogP contribution is -2.17. The van der Waals surface area contributed by atoms with E-state index in [0.29, 0.717) is 11.7 Å². The second kappa shape index (κ2) is 5.43. The zero-order chi connectivity index (χ0) is 14.8. The van der Waals surface area contributed by atoms with E-state index < -0.39 is 4.92 Å². The minimum absolute atomic E-state index is 0.00106. The highest BCUT2D eigenvalue weighted by molar-refractivity contribution is 5.42. The Labute approximate surface area is 121 Å². The summed E-state index contributed by atoms with van der Waals surface area (Å²) in [5.74, 6) is 1.84. The Morgan fingerprint density at radius 2 is 2.14 bits per heavy atom. The average molecular weight is 285 g/mol. The highest BCUT2D eigenvalue weighted by Crippen LogP contribution is 2.41. The highest BCUT2D eigenvalue weighted by Gasteiger charge is 2.34. The van der Waals surface area contributed by atoms with Crippen LogP contribution in [0.2, 0.25) is 0 Å². The van der Waals surface area contributed by atoms with Crippen LogP contribution in [-0.4, -0.2) is 19.9 Å². The molecule has 0 bridgehead atoms. The van der Waals surface area contributed by atoms with Crippen LogP contribution in [0.15, 0.2) is 30.6 Å². The van der Waals surface area contributed by atoms with Gasteiger partial charge in [-0.1, -0.05) is 0 Å². The Balaban J connectivity index is 1.81. The van der Waals surface area contributed by atoms with Crippen LogP contribution in [0.5, 0.6) is 0 Å². The second-order valence-electron chi connectivity index (χ2n) is 5.17. The number of pyridine rings is 1. The van der Waals surface area contributed by atoms with Crippen LogP contribution in [0.1, 0.15) is 30.4 Å². The summed E-state index contributed by atoms with van der Waals surface area (Å²) in [7, 11) is 0. The van der Waals surface area contributed by atoms with Crippen molar-refractivity contribution in [2.24, 2.45) is 5.92 Å². The van der Waals surface area contributed by atoms with Gasteiger partial charge in [-0.15, -0.1) is 0 Å². The predicted octanol–water partition coefficient (Wildman–Crippen LogP) is 2.65. The number of nitrogens with zero attached hydrogens (tertiary/aromatic N) is 4. The van der Waals surface area contributed by atoms with Gasteiger partial charge in [0.05, 0.1) is 11.0 Å². The van der Waals surface area contributed by atoms with E-state index in [1.54, 1.807) is 12.3 Å². The third kappa shape index (κ3) is 3.13. The van der Waals surface area contributed by atoms with Crippen LogP contribution in [0.3, 0.4) is 0 Å². The van der Waals surface area contributed by atoms with E-state index in [1.165, 1.54) is 12.3 Å². The summed E-state index contributed by atoms with van der Waals surface area (Å²) < 4.78 is 0. The summed E-state index contributed by atoms with van der Waals surface area (Å²) in [6.45, 7) is 1.93. The van der Waals surface area contributed by atoms with Crippen LogP contribution in [0.4, 0.5) is 11.5 Å². The van der Waals surface area contributed by atoms with E-state index >= 15 is 0 Å². The largest absolute Gasteiger partial charge is 0.360 e. The van der Waals surface area contributed by atoms with Gasteiger partial charge < -0.3 is 5.32 Å². The molecule has 7 heteroatoms. The maximum atomic E-state index is 10.6. The first-order valence-electron chi connectivity index (χ1n) is 6.80. The molecule has 0 spiro atoms. The molecule has 1 fully saturated rings. The molecule has 2 heterocycles. The van der Waals surface area contributed by atoms with Crippen LogP contribution < -0.4 is 5.32 Å². The van der Waals surface area contributed by atoms with E-state index in [2.05, 4.69) is 20.3 Å². The standard InChI is InChI=1S/C14H15N5O2/c1-9-6-7-15-14(17-9)13(10-2-3-10)18-12-5-4-11(8-16-12)19(20)21/h4-8,10,13H,2-3H2,1H3,(H,16,18)/t13-/m1/s1. The van der Waals surface area contributed by atoms with Crippen molar-refractivity contribution in [3.8, 4) is 0 Å². The lowest BCUT2D eigenvalue weighted by molar-refractivity contribution is -0.385. The Morgan fingerprint density at radius 3 is 2.71 bits per heavy atom. The lowest BCUT2D eigenvalue weighted by atomic mass is 10.1. The number of hydrogen-bond donors (Lipinski definition) is 1. The minimum atomic E-state index is -0.460. The molecule has 1 atom stereocenters. The zero-order valence-corrected chi connectivity index (χ0v) is 11.6. The van der Waals surface area contributed by atoms with Crippen molar-refractivity contribution in [2.45, 2.75) is 25.8 Å². The first kappa shape index (κ1) is 13.4. The van der Waals surface area contributed by atoms with Crippen molar-refractivity contribution in [2.75, 3.05) is 5.32 Å². The van der Waals surface area contributed by atoms with Crippen LogP contribution in [0.25, 0.3) is 0 Å². The van der Waals surface area contributed by atoms with Gasteiger partial charge >= 0.3 is 0 Å².